The Labute approximate surface area is 160 Å². The minimum absolute atomic E-state index is 0.336. The number of hydrogen-bond donors (Lipinski definition) is 1. The van der Waals surface area contributed by atoms with Crippen LogP contribution in [0.3, 0.4) is 0 Å². The molecule has 1 aromatic carbocycles. The SMILES string of the molecule is CCOC(=O)/C=C/C=C/C=C/CCCc1cc(OC)c2c(c1O)CCCO2. The van der Waals surface area contributed by atoms with Gasteiger partial charge < -0.3 is 19.3 Å². The predicted octanol–water partition coefficient (Wildman–Crippen LogP) is 4.28. The van der Waals surface area contributed by atoms with Crippen LogP contribution in [0.5, 0.6) is 17.2 Å². The Morgan fingerprint density at radius 1 is 1.30 bits per heavy atom. The van der Waals surface area contributed by atoms with E-state index in [9.17, 15) is 9.90 Å². The first-order chi connectivity index (χ1) is 13.2. The Morgan fingerprint density at radius 2 is 2.11 bits per heavy atom. The van der Waals surface area contributed by atoms with Gasteiger partial charge in [-0.3, -0.25) is 0 Å². The van der Waals surface area contributed by atoms with Gasteiger partial charge in [0, 0.05) is 11.6 Å². The van der Waals surface area contributed by atoms with Gasteiger partial charge in [0.05, 0.1) is 20.3 Å². The van der Waals surface area contributed by atoms with Crippen LogP contribution >= 0.6 is 0 Å². The molecule has 1 aromatic rings. The Morgan fingerprint density at radius 3 is 2.89 bits per heavy atom. The summed E-state index contributed by atoms with van der Waals surface area (Å²) in [5, 5.41) is 10.5. The molecule has 0 spiro atoms. The zero-order valence-corrected chi connectivity index (χ0v) is 16.1. The van der Waals surface area contributed by atoms with E-state index in [1.54, 1.807) is 26.2 Å². The third-order valence-electron chi connectivity index (χ3n) is 4.24. The second kappa shape index (κ2) is 11.1. The molecule has 5 nitrogen and oxygen atoms in total. The van der Waals surface area contributed by atoms with Gasteiger partial charge in [-0.05, 0) is 50.7 Å². The summed E-state index contributed by atoms with van der Waals surface area (Å²) in [6, 6.07) is 1.88. The van der Waals surface area contributed by atoms with Crippen LogP contribution in [0.1, 0.15) is 37.3 Å². The van der Waals surface area contributed by atoms with Crippen LogP contribution in [-0.4, -0.2) is 31.4 Å². The maximum absolute atomic E-state index is 11.1. The molecule has 0 fully saturated rings. The summed E-state index contributed by atoms with van der Waals surface area (Å²) < 4.78 is 15.9. The first kappa shape index (κ1) is 20.6. The van der Waals surface area contributed by atoms with Crippen molar-refractivity contribution in [3.8, 4) is 17.2 Å². The number of phenolic OH excluding ortho intramolecular Hbond substituents is 1. The molecule has 0 bridgehead atoms. The number of ether oxygens (including phenoxy) is 3. The molecule has 0 unspecified atom stereocenters. The third kappa shape index (κ3) is 6.20. The van der Waals surface area contributed by atoms with E-state index in [0.29, 0.717) is 30.5 Å². The van der Waals surface area contributed by atoms with Crippen LogP contribution in [0.2, 0.25) is 0 Å². The first-order valence-electron chi connectivity index (χ1n) is 9.38. The number of aromatic hydroxyl groups is 1. The van der Waals surface area contributed by atoms with Crippen LogP contribution in [-0.2, 0) is 22.4 Å². The van der Waals surface area contributed by atoms with E-state index in [0.717, 1.165) is 43.2 Å². The summed E-state index contributed by atoms with van der Waals surface area (Å²) in [5.41, 5.74) is 1.76. The van der Waals surface area contributed by atoms with E-state index >= 15 is 0 Å². The molecule has 1 aliphatic rings. The summed E-state index contributed by atoms with van der Waals surface area (Å²) >= 11 is 0. The number of benzene rings is 1. The van der Waals surface area contributed by atoms with E-state index < -0.39 is 0 Å². The summed E-state index contributed by atoms with van der Waals surface area (Å²) in [6.45, 7) is 2.82. The van der Waals surface area contributed by atoms with Crippen LogP contribution < -0.4 is 9.47 Å². The number of carbonyl (C=O) groups is 1. The number of hydrogen-bond acceptors (Lipinski definition) is 5. The van der Waals surface area contributed by atoms with Gasteiger partial charge in [0.25, 0.3) is 0 Å². The molecule has 0 atom stereocenters. The Bertz CT molecular complexity index is 716. The van der Waals surface area contributed by atoms with Crippen molar-refractivity contribution in [1.82, 2.24) is 0 Å². The molecule has 27 heavy (non-hydrogen) atoms. The van der Waals surface area contributed by atoms with Gasteiger partial charge in [0.2, 0.25) is 0 Å². The molecule has 1 aliphatic heterocycles. The molecule has 0 radical (unpaired) electrons. The Hall–Kier alpha value is -2.69. The molecule has 0 aromatic heterocycles. The number of phenols is 1. The summed E-state index contributed by atoms with van der Waals surface area (Å²) in [6.07, 6.45) is 15.0. The van der Waals surface area contributed by atoms with Crippen LogP contribution in [0, 0.1) is 0 Å². The molecule has 2 rings (SSSR count). The van der Waals surface area contributed by atoms with Crippen LogP contribution in [0.25, 0.3) is 0 Å². The Kier molecular flexibility index (Phi) is 8.49. The maximum atomic E-state index is 11.1. The van der Waals surface area contributed by atoms with Gasteiger partial charge in [-0.2, -0.15) is 0 Å². The summed E-state index contributed by atoms with van der Waals surface area (Å²) in [5.74, 6) is 1.39. The predicted molar refractivity (Wildman–Crippen MR) is 105 cm³/mol. The summed E-state index contributed by atoms with van der Waals surface area (Å²) in [7, 11) is 1.62. The molecule has 0 saturated carbocycles. The monoisotopic (exact) mass is 372 g/mol. The lowest BCUT2D eigenvalue weighted by Crippen LogP contribution is -2.10. The second-order valence-electron chi connectivity index (χ2n) is 6.16. The largest absolute Gasteiger partial charge is 0.507 e. The first-order valence-corrected chi connectivity index (χ1v) is 9.38. The normalized spacial score (nSPS) is 13.9. The van der Waals surface area contributed by atoms with Crippen molar-refractivity contribution in [2.45, 2.75) is 39.0 Å². The average molecular weight is 372 g/mol. The molecule has 146 valence electrons. The zero-order valence-electron chi connectivity index (χ0n) is 16.1. The number of carbonyl (C=O) groups excluding carboxylic acids is 1. The fraction of sp³-hybridized carbons (Fsp3) is 0.409. The van der Waals surface area contributed by atoms with Gasteiger partial charge in [0.15, 0.2) is 11.5 Å². The maximum Gasteiger partial charge on any atom is 0.330 e. The average Bonchev–Trinajstić information content (AvgIpc) is 2.68. The number of allylic oxidation sites excluding steroid dienone is 5. The number of aryl methyl sites for hydroxylation is 1. The summed E-state index contributed by atoms with van der Waals surface area (Å²) in [4.78, 5) is 11.1. The number of fused-ring (bicyclic) bond motifs is 1. The molecule has 0 aliphatic carbocycles. The third-order valence-corrected chi connectivity index (χ3v) is 4.24. The quantitative estimate of drug-likeness (QED) is 0.303. The van der Waals surface area contributed by atoms with Crippen molar-refractivity contribution in [1.29, 1.82) is 0 Å². The zero-order chi connectivity index (χ0) is 19.5. The van der Waals surface area contributed by atoms with Crippen molar-refractivity contribution in [2.24, 2.45) is 0 Å². The molecule has 0 saturated heterocycles. The molecule has 5 heteroatoms. The highest BCUT2D eigenvalue weighted by molar-refractivity contribution is 5.82. The van der Waals surface area contributed by atoms with Crippen LogP contribution in [0.15, 0.2) is 42.5 Å². The van der Waals surface area contributed by atoms with E-state index in [-0.39, 0.29) is 5.97 Å². The highest BCUT2D eigenvalue weighted by atomic mass is 16.5. The van der Waals surface area contributed by atoms with Gasteiger partial charge in [0.1, 0.15) is 5.75 Å². The molecule has 1 N–H and O–H groups in total. The molecular weight excluding hydrogens is 344 g/mol. The Balaban J connectivity index is 1.82. The number of esters is 1. The van der Waals surface area contributed by atoms with Gasteiger partial charge in [-0.15, -0.1) is 0 Å². The number of unbranched alkanes of at least 4 members (excludes halogenated alkanes) is 1. The van der Waals surface area contributed by atoms with Gasteiger partial charge in [-0.1, -0.05) is 30.4 Å². The van der Waals surface area contributed by atoms with E-state index in [2.05, 4.69) is 6.08 Å². The molecule has 1 heterocycles. The molecular formula is C22H28O5. The lowest BCUT2D eigenvalue weighted by atomic mass is 9.97. The van der Waals surface area contributed by atoms with E-state index in [1.807, 2.05) is 18.2 Å². The van der Waals surface area contributed by atoms with Crippen LogP contribution in [0.4, 0.5) is 0 Å². The minimum atomic E-state index is -0.336. The lowest BCUT2D eigenvalue weighted by Gasteiger charge is -2.22. The lowest BCUT2D eigenvalue weighted by molar-refractivity contribution is -0.137. The van der Waals surface area contributed by atoms with Crippen molar-refractivity contribution in [2.75, 3.05) is 20.3 Å². The number of rotatable bonds is 9. The van der Waals surface area contributed by atoms with Crippen molar-refractivity contribution in [3.05, 3.63) is 53.6 Å². The van der Waals surface area contributed by atoms with E-state index in [1.165, 1.54) is 6.08 Å². The van der Waals surface area contributed by atoms with Crippen molar-refractivity contribution in [3.63, 3.8) is 0 Å². The second-order valence-corrected chi connectivity index (χ2v) is 6.16. The van der Waals surface area contributed by atoms with Gasteiger partial charge in [-0.25, -0.2) is 4.79 Å². The highest BCUT2D eigenvalue weighted by Gasteiger charge is 2.22. The van der Waals surface area contributed by atoms with E-state index in [4.69, 9.17) is 14.2 Å². The number of methoxy groups -OCH3 is 1. The fourth-order valence-electron chi connectivity index (χ4n) is 2.94. The van der Waals surface area contributed by atoms with Crippen molar-refractivity contribution < 1.29 is 24.1 Å². The minimum Gasteiger partial charge on any atom is -0.507 e. The topological polar surface area (TPSA) is 65.0 Å². The fourth-order valence-corrected chi connectivity index (χ4v) is 2.94. The highest BCUT2D eigenvalue weighted by Crippen LogP contribution is 2.43. The standard InChI is InChI=1S/C22H28O5/c1-3-26-20(23)14-10-8-6-4-5-7-9-12-17-16-19(25-2)22-18(21(17)24)13-11-15-27-22/h4-6,8,10,14,16,24H,3,7,9,11-13,15H2,1-2H3/b5-4+,8-6+,14-10+. The molecule has 0 amide bonds. The smallest absolute Gasteiger partial charge is 0.330 e. The van der Waals surface area contributed by atoms with Gasteiger partial charge >= 0.3 is 5.97 Å². The van der Waals surface area contributed by atoms with Crippen molar-refractivity contribution >= 4 is 5.97 Å².